The van der Waals surface area contributed by atoms with Gasteiger partial charge in [0.1, 0.15) is 0 Å². The Morgan fingerprint density at radius 1 is 1.58 bits per heavy atom. The summed E-state index contributed by atoms with van der Waals surface area (Å²) in [5.74, 6) is 0. The summed E-state index contributed by atoms with van der Waals surface area (Å²) in [7, 11) is 2.01. The normalized spacial score (nSPS) is 25.0. The van der Waals surface area contributed by atoms with Crippen molar-refractivity contribution in [1.82, 2.24) is 5.06 Å². The second-order valence-electron chi connectivity index (χ2n) is 3.13. The predicted octanol–water partition coefficient (Wildman–Crippen LogP) is 2.36. The molecule has 0 N–H and O–H groups in total. The van der Waals surface area contributed by atoms with Gasteiger partial charge >= 0.3 is 0 Å². The van der Waals surface area contributed by atoms with E-state index in [4.69, 9.17) is 4.84 Å². The molecule has 1 aliphatic heterocycles. The summed E-state index contributed by atoms with van der Waals surface area (Å²) in [4.78, 5) is 8.17. The Balaban J connectivity index is 2.19. The zero-order valence-electron chi connectivity index (χ0n) is 7.41. The van der Waals surface area contributed by atoms with Crippen LogP contribution in [0.25, 0.3) is 0 Å². The standard InChI is InChI=1S/C9H13NOS/c1-7-3-4-9(12-7)8-5-6-11-10(8)2/h3-4,8H,5-6H2,1-2H3/t8-/m0/s1. The summed E-state index contributed by atoms with van der Waals surface area (Å²) in [6, 6.07) is 4.87. The van der Waals surface area contributed by atoms with Crippen molar-refractivity contribution in [2.45, 2.75) is 19.4 Å². The van der Waals surface area contributed by atoms with Crippen molar-refractivity contribution in [1.29, 1.82) is 0 Å². The summed E-state index contributed by atoms with van der Waals surface area (Å²) < 4.78 is 0. The Bertz CT molecular complexity index is 271. The van der Waals surface area contributed by atoms with Gasteiger partial charge in [0.2, 0.25) is 0 Å². The molecule has 1 aromatic rings. The lowest BCUT2D eigenvalue weighted by molar-refractivity contribution is -0.110. The second-order valence-corrected chi connectivity index (χ2v) is 4.45. The van der Waals surface area contributed by atoms with Crippen molar-refractivity contribution in [3.05, 3.63) is 21.9 Å². The Morgan fingerprint density at radius 2 is 2.42 bits per heavy atom. The molecule has 2 rings (SSSR count). The average Bonchev–Trinajstić information content (AvgIpc) is 2.58. The van der Waals surface area contributed by atoms with Crippen LogP contribution in [-0.4, -0.2) is 18.7 Å². The van der Waals surface area contributed by atoms with Gasteiger partial charge in [0.15, 0.2) is 0 Å². The fraction of sp³-hybridized carbons (Fsp3) is 0.556. The number of hydrogen-bond donors (Lipinski definition) is 0. The van der Waals surface area contributed by atoms with E-state index in [0.29, 0.717) is 6.04 Å². The van der Waals surface area contributed by atoms with Crippen LogP contribution in [0, 0.1) is 6.92 Å². The van der Waals surface area contributed by atoms with Gasteiger partial charge in [0.25, 0.3) is 0 Å². The summed E-state index contributed by atoms with van der Waals surface area (Å²) in [6.45, 7) is 3.00. The van der Waals surface area contributed by atoms with Crippen molar-refractivity contribution in [3.8, 4) is 0 Å². The monoisotopic (exact) mass is 183 g/mol. The molecule has 1 atom stereocenters. The summed E-state index contributed by atoms with van der Waals surface area (Å²) in [5, 5.41) is 1.96. The van der Waals surface area contributed by atoms with E-state index >= 15 is 0 Å². The minimum atomic E-state index is 0.490. The highest BCUT2D eigenvalue weighted by Gasteiger charge is 2.24. The lowest BCUT2D eigenvalue weighted by Gasteiger charge is -2.15. The van der Waals surface area contributed by atoms with Crippen LogP contribution in [0.1, 0.15) is 22.2 Å². The third-order valence-corrected chi connectivity index (χ3v) is 3.32. The van der Waals surface area contributed by atoms with E-state index in [1.165, 1.54) is 9.75 Å². The molecule has 12 heavy (non-hydrogen) atoms. The van der Waals surface area contributed by atoms with E-state index in [9.17, 15) is 0 Å². The molecule has 66 valence electrons. The van der Waals surface area contributed by atoms with Crippen molar-refractivity contribution < 1.29 is 4.84 Å². The molecule has 2 nitrogen and oxygen atoms in total. The number of nitrogens with zero attached hydrogens (tertiary/aromatic N) is 1. The lowest BCUT2D eigenvalue weighted by Crippen LogP contribution is -2.14. The predicted molar refractivity (Wildman–Crippen MR) is 50.1 cm³/mol. The van der Waals surface area contributed by atoms with E-state index in [2.05, 4.69) is 19.1 Å². The number of aryl methyl sites for hydroxylation is 1. The number of hydroxylamine groups is 2. The minimum absolute atomic E-state index is 0.490. The van der Waals surface area contributed by atoms with E-state index in [1.54, 1.807) is 0 Å². The fourth-order valence-corrected chi connectivity index (χ4v) is 2.58. The van der Waals surface area contributed by atoms with E-state index < -0.39 is 0 Å². The summed E-state index contributed by atoms with van der Waals surface area (Å²) in [6.07, 6.45) is 1.12. The Kier molecular flexibility index (Phi) is 2.17. The van der Waals surface area contributed by atoms with Gasteiger partial charge in [-0.05, 0) is 25.5 Å². The van der Waals surface area contributed by atoms with Gasteiger partial charge in [0, 0.05) is 16.8 Å². The number of hydrogen-bond acceptors (Lipinski definition) is 3. The van der Waals surface area contributed by atoms with Gasteiger partial charge in [0.05, 0.1) is 12.6 Å². The van der Waals surface area contributed by atoms with Crippen LogP contribution < -0.4 is 0 Å². The van der Waals surface area contributed by atoms with E-state index in [0.717, 1.165) is 13.0 Å². The maximum Gasteiger partial charge on any atom is 0.0714 e. The van der Waals surface area contributed by atoms with E-state index in [1.807, 2.05) is 23.4 Å². The fourth-order valence-electron chi connectivity index (χ4n) is 1.53. The molecular weight excluding hydrogens is 170 g/mol. The molecule has 1 saturated heterocycles. The van der Waals surface area contributed by atoms with Gasteiger partial charge in [-0.15, -0.1) is 11.3 Å². The molecule has 0 amide bonds. The van der Waals surface area contributed by atoms with Crippen LogP contribution in [0.5, 0.6) is 0 Å². The van der Waals surface area contributed by atoms with Crippen molar-refractivity contribution in [2.24, 2.45) is 0 Å². The lowest BCUT2D eigenvalue weighted by atomic mass is 10.2. The van der Waals surface area contributed by atoms with Crippen LogP contribution in [0.15, 0.2) is 12.1 Å². The highest BCUT2D eigenvalue weighted by atomic mass is 32.1. The van der Waals surface area contributed by atoms with Gasteiger partial charge in [-0.3, -0.25) is 4.84 Å². The molecule has 1 fully saturated rings. The molecular formula is C9H13NOS. The summed E-state index contributed by atoms with van der Waals surface area (Å²) in [5.41, 5.74) is 0. The van der Waals surface area contributed by atoms with Crippen LogP contribution in [-0.2, 0) is 4.84 Å². The molecule has 2 heterocycles. The molecule has 0 unspecified atom stereocenters. The molecule has 1 aromatic heterocycles. The van der Waals surface area contributed by atoms with Crippen LogP contribution >= 0.6 is 11.3 Å². The molecule has 0 aromatic carbocycles. The van der Waals surface area contributed by atoms with Crippen molar-refractivity contribution in [2.75, 3.05) is 13.7 Å². The quantitative estimate of drug-likeness (QED) is 0.662. The molecule has 0 bridgehead atoms. The maximum absolute atomic E-state index is 5.37. The first-order valence-electron chi connectivity index (χ1n) is 4.19. The molecule has 1 aliphatic rings. The van der Waals surface area contributed by atoms with Gasteiger partial charge < -0.3 is 0 Å². The molecule has 0 spiro atoms. The maximum atomic E-state index is 5.37. The zero-order chi connectivity index (χ0) is 8.55. The Morgan fingerprint density at radius 3 is 2.92 bits per heavy atom. The van der Waals surface area contributed by atoms with Gasteiger partial charge in [-0.25, -0.2) is 0 Å². The minimum Gasteiger partial charge on any atom is -0.299 e. The Labute approximate surface area is 76.7 Å². The third kappa shape index (κ3) is 1.40. The first-order valence-corrected chi connectivity index (χ1v) is 5.01. The second kappa shape index (κ2) is 3.17. The highest BCUT2D eigenvalue weighted by molar-refractivity contribution is 7.12. The number of thiophene rings is 1. The zero-order valence-corrected chi connectivity index (χ0v) is 8.23. The third-order valence-electron chi connectivity index (χ3n) is 2.21. The SMILES string of the molecule is Cc1ccc([C@@H]2CCON2C)s1. The molecule has 0 aliphatic carbocycles. The molecule has 0 radical (unpaired) electrons. The molecule has 3 heteroatoms. The van der Waals surface area contributed by atoms with Crippen LogP contribution in [0.3, 0.4) is 0 Å². The first kappa shape index (κ1) is 8.23. The van der Waals surface area contributed by atoms with Gasteiger partial charge in [-0.1, -0.05) is 0 Å². The first-order chi connectivity index (χ1) is 5.77. The molecule has 0 saturated carbocycles. The van der Waals surface area contributed by atoms with E-state index in [-0.39, 0.29) is 0 Å². The average molecular weight is 183 g/mol. The number of rotatable bonds is 1. The topological polar surface area (TPSA) is 12.5 Å². The largest absolute Gasteiger partial charge is 0.299 e. The van der Waals surface area contributed by atoms with Crippen LogP contribution in [0.2, 0.25) is 0 Å². The smallest absolute Gasteiger partial charge is 0.0714 e. The summed E-state index contributed by atoms with van der Waals surface area (Å²) >= 11 is 1.87. The van der Waals surface area contributed by atoms with Gasteiger partial charge in [-0.2, -0.15) is 5.06 Å². The van der Waals surface area contributed by atoms with Crippen LogP contribution in [0.4, 0.5) is 0 Å². The Hall–Kier alpha value is -0.380. The highest BCUT2D eigenvalue weighted by Crippen LogP contribution is 2.32. The van der Waals surface area contributed by atoms with Crippen molar-refractivity contribution >= 4 is 11.3 Å². The van der Waals surface area contributed by atoms with Crippen molar-refractivity contribution in [3.63, 3.8) is 0 Å².